The zero-order chi connectivity index (χ0) is 12.8. The molecule has 96 valence electrons. The maximum Gasteiger partial charge on any atom is 0.119 e. The van der Waals surface area contributed by atoms with Gasteiger partial charge in [-0.3, -0.25) is 0 Å². The van der Waals surface area contributed by atoms with E-state index in [0.717, 1.165) is 5.75 Å². The lowest BCUT2D eigenvalue weighted by molar-refractivity contribution is 0.252. The Morgan fingerprint density at radius 2 is 1.65 bits per heavy atom. The van der Waals surface area contributed by atoms with Gasteiger partial charge in [-0.2, -0.15) is 0 Å². The Balaban J connectivity index is 2.33. The van der Waals surface area contributed by atoms with E-state index in [9.17, 15) is 0 Å². The van der Waals surface area contributed by atoms with Crippen LogP contribution in [0.25, 0.3) is 0 Å². The minimum Gasteiger partial charge on any atom is -0.492 e. The van der Waals surface area contributed by atoms with Crippen molar-refractivity contribution in [1.82, 2.24) is 5.32 Å². The highest BCUT2D eigenvalue weighted by Crippen LogP contribution is 2.11. The molecule has 0 bridgehead atoms. The first-order valence-corrected chi connectivity index (χ1v) is 6.44. The molecule has 2 nitrogen and oxygen atoms in total. The van der Waals surface area contributed by atoms with E-state index in [2.05, 4.69) is 52.1 Å². The van der Waals surface area contributed by atoms with E-state index in [1.807, 2.05) is 12.1 Å². The van der Waals surface area contributed by atoms with Gasteiger partial charge in [0.05, 0.1) is 0 Å². The van der Waals surface area contributed by atoms with Crippen LogP contribution in [0.2, 0.25) is 0 Å². The molecule has 1 N–H and O–H groups in total. The van der Waals surface area contributed by atoms with Crippen molar-refractivity contribution < 1.29 is 4.74 Å². The average molecular weight is 235 g/mol. The Morgan fingerprint density at radius 3 is 2.18 bits per heavy atom. The van der Waals surface area contributed by atoms with Crippen molar-refractivity contribution in [1.29, 1.82) is 0 Å². The quantitative estimate of drug-likeness (QED) is 0.816. The molecular formula is C15H25NO. The van der Waals surface area contributed by atoms with Gasteiger partial charge >= 0.3 is 0 Å². The van der Waals surface area contributed by atoms with Crippen LogP contribution in [0.4, 0.5) is 0 Å². The van der Waals surface area contributed by atoms with E-state index in [0.29, 0.717) is 24.6 Å². The summed E-state index contributed by atoms with van der Waals surface area (Å²) in [6, 6.07) is 9.08. The first-order chi connectivity index (χ1) is 7.99. The summed E-state index contributed by atoms with van der Waals surface area (Å²) in [6.45, 7) is 11.6. The van der Waals surface area contributed by atoms with Crippen LogP contribution in [-0.4, -0.2) is 18.7 Å². The molecule has 2 unspecified atom stereocenters. The summed E-state index contributed by atoms with van der Waals surface area (Å²) in [5.41, 5.74) is 1.26. The molecule has 17 heavy (non-hydrogen) atoms. The van der Waals surface area contributed by atoms with E-state index in [1.165, 1.54) is 5.56 Å². The summed E-state index contributed by atoms with van der Waals surface area (Å²) in [7, 11) is 0. The van der Waals surface area contributed by atoms with Crippen molar-refractivity contribution in [2.45, 2.75) is 46.7 Å². The van der Waals surface area contributed by atoms with Gasteiger partial charge in [0.1, 0.15) is 12.4 Å². The molecule has 0 aromatic heterocycles. The molecule has 0 aliphatic rings. The number of rotatable bonds is 6. The Labute approximate surface area is 105 Å². The minimum absolute atomic E-state index is 0.369. The van der Waals surface area contributed by atoms with Crippen LogP contribution in [0.1, 0.15) is 33.3 Å². The van der Waals surface area contributed by atoms with Crippen LogP contribution in [0.15, 0.2) is 24.3 Å². The van der Waals surface area contributed by atoms with Crippen molar-refractivity contribution in [3.63, 3.8) is 0 Å². The lowest BCUT2D eigenvalue weighted by atomic mass is 10.1. The molecule has 0 saturated heterocycles. The average Bonchev–Trinajstić information content (AvgIpc) is 2.28. The van der Waals surface area contributed by atoms with Crippen LogP contribution in [0.5, 0.6) is 5.75 Å². The molecule has 0 heterocycles. The van der Waals surface area contributed by atoms with E-state index in [4.69, 9.17) is 4.74 Å². The van der Waals surface area contributed by atoms with Crippen molar-refractivity contribution in [2.24, 2.45) is 5.92 Å². The zero-order valence-corrected chi connectivity index (χ0v) is 11.7. The number of hydrogen-bond acceptors (Lipinski definition) is 2. The summed E-state index contributed by atoms with van der Waals surface area (Å²) in [5.74, 6) is 1.60. The fourth-order valence-corrected chi connectivity index (χ4v) is 1.55. The largest absolute Gasteiger partial charge is 0.492 e. The van der Waals surface area contributed by atoms with Gasteiger partial charge in [-0.15, -0.1) is 0 Å². The van der Waals surface area contributed by atoms with Gasteiger partial charge in [0, 0.05) is 12.1 Å². The third-order valence-electron chi connectivity index (χ3n) is 3.07. The summed E-state index contributed by atoms with van der Waals surface area (Å²) >= 11 is 0. The Kier molecular flexibility index (Phi) is 5.49. The van der Waals surface area contributed by atoms with Crippen LogP contribution >= 0.6 is 0 Å². The minimum atomic E-state index is 0.369. The van der Waals surface area contributed by atoms with E-state index < -0.39 is 0 Å². The summed E-state index contributed by atoms with van der Waals surface area (Å²) < 4.78 is 5.74. The number of nitrogens with one attached hydrogen (secondary N) is 1. The summed E-state index contributed by atoms with van der Waals surface area (Å²) in [6.07, 6.45) is 0. The van der Waals surface area contributed by atoms with Gasteiger partial charge < -0.3 is 10.1 Å². The predicted octanol–water partition coefficient (Wildman–Crippen LogP) is 3.40. The zero-order valence-electron chi connectivity index (χ0n) is 11.7. The van der Waals surface area contributed by atoms with E-state index in [1.54, 1.807) is 0 Å². The van der Waals surface area contributed by atoms with Gasteiger partial charge in [0.2, 0.25) is 0 Å². The van der Waals surface area contributed by atoms with Gasteiger partial charge in [0.15, 0.2) is 0 Å². The molecule has 1 aromatic rings. The first-order valence-electron chi connectivity index (χ1n) is 6.44. The highest BCUT2D eigenvalue weighted by molar-refractivity contribution is 5.26. The fourth-order valence-electron chi connectivity index (χ4n) is 1.55. The van der Waals surface area contributed by atoms with E-state index in [-0.39, 0.29) is 0 Å². The first kappa shape index (κ1) is 14.0. The van der Waals surface area contributed by atoms with Crippen molar-refractivity contribution in [2.75, 3.05) is 6.61 Å². The molecule has 0 radical (unpaired) electrons. The number of benzene rings is 1. The van der Waals surface area contributed by atoms with Gasteiger partial charge in [0.25, 0.3) is 0 Å². The summed E-state index contributed by atoms with van der Waals surface area (Å²) in [5, 5.41) is 3.54. The Bertz CT molecular complexity index is 318. The molecule has 0 spiro atoms. The molecule has 0 fully saturated rings. The lowest BCUT2D eigenvalue weighted by Gasteiger charge is -2.23. The smallest absolute Gasteiger partial charge is 0.119 e. The monoisotopic (exact) mass is 235 g/mol. The van der Waals surface area contributed by atoms with Crippen LogP contribution in [-0.2, 0) is 0 Å². The third-order valence-corrected chi connectivity index (χ3v) is 3.07. The Hall–Kier alpha value is -1.02. The van der Waals surface area contributed by atoms with Gasteiger partial charge in [-0.25, -0.2) is 0 Å². The van der Waals surface area contributed by atoms with Crippen molar-refractivity contribution in [3.8, 4) is 5.75 Å². The van der Waals surface area contributed by atoms with Crippen LogP contribution in [0.3, 0.4) is 0 Å². The topological polar surface area (TPSA) is 21.3 Å². The molecule has 2 heteroatoms. The SMILES string of the molecule is Cc1ccc(OCC(C)NC(C)C(C)C)cc1. The number of hydrogen-bond donors (Lipinski definition) is 1. The second-order valence-electron chi connectivity index (χ2n) is 5.22. The Morgan fingerprint density at radius 1 is 1.06 bits per heavy atom. The maximum atomic E-state index is 5.74. The number of ether oxygens (including phenoxy) is 1. The summed E-state index contributed by atoms with van der Waals surface area (Å²) in [4.78, 5) is 0. The van der Waals surface area contributed by atoms with Crippen LogP contribution < -0.4 is 10.1 Å². The second kappa shape index (κ2) is 6.65. The van der Waals surface area contributed by atoms with Crippen molar-refractivity contribution in [3.05, 3.63) is 29.8 Å². The highest BCUT2D eigenvalue weighted by Gasteiger charge is 2.10. The van der Waals surface area contributed by atoms with Crippen molar-refractivity contribution >= 4 is 0 Å². The molecule has 1 rings (SSSR count). The molecule has 2 atom stereocenters. The number of aryl methyl sites for hydroxylation is 1. The molecule has 0 aliphatic heterocycles. The van der Waals surface area contributed by atoms with E-state index >= 15 is 0 Å². The second-order valence-corrected chi connectivity index (χ2v) is 5.22. The molecule has 0 aliphatic carbocycles. The standard InChI is InChI=1S/C15H25NO/c1-11(2)14(5)16-13(4)10-17-15-8-6-12(3)7-9-15/h6-9,11,13-14,16H,10H2,1-5H3. The van der Waals surface area contributed by atoms with Gasteiger partial charge in [-0.05, 0) is 38.8 Å². The highest BCUT2D eigenvalue weighted by atomic mass is 16.5. The molecule has 0 saturated carbocycles. The van der Waals surface area contributed by atoms with Gasteiger partial charge in [-0.1, -0.05) is 31.5 Å². The normalized spacial score (nSPS) is 14.7. The molecular weight excluding hydrogens is 210 g/mol. The lowest BCUT2D eigenvalue weighted by Crippen LogP contribution is -2.40. The fraction of sp³-hybridized carbons (Fsp3) is 0.600. The maximum absolute atomic E-state index is 5.74. The molecule has 1 aromatic carbocycles. The predicted molar refractivity (Wildman–Crippen MR) is 73.6 cm³/mol. The molecule has 0 amide bonds. The van der Waals surface area contributed by atoms with Crippen LogP contribution in [0, 0.1) is 12.8 Å². The third kappa shape index (κ3) is 5.22.